The fourth-order valence-electron chi connectivity index (χ4n) is 1.89. The number of hydrogen-bond donors (Lipinski definition) is 3. The lowest BCUT2D eigenvalue weighted by atomic mass is 10.2. The molecule has 6 heteroatoms. The number of hydrogen-bond acceptors (Lipinski definition) is 5. The summed E-state index contributed by atoms with van der Waals surface area (Å²) in [5.74, 6) is 0.618. The molecule has 0 heterocycles. The Morgan fingerprint density at radius 1 is 1.52 bits per heavy atom. The zero-order valence-electron chi connectivity index (χ0n) is 12.7. The van der Waals surface area contributed by atoms with E-state index in [1.165, 1.54) is 0 Å². The maximum atomic E-state index is 11.3. The lowest BCUT2D eigenvalue weighted by molar-refractivity contribution is -0.122. The van der Waals surface area contributed by atoms with Gasteiger partial charge in [-0.3, -0.25) is 9.69 Å². The third kappa shape index (κ3) is 6.57. The molecule has 118 valence electrons. The molecule has 0 fully saturated rings. The van der Waals surface area contributed by atoms with Gasteiger partial charge in [-0.15, -0.1) is 0 Å². The Balaban J connectivity index is 2.41. The molecular weight excluding hydrogens is 270 g/mol. The largest absolute Gasteiger partial charge is 0.491 e. The summed E-state index contributed by atoms with van der Waals surface area (Å²) in [5.41, 5.74) is 6.55. The molecular formula is C15H25N3O3. The second kappa shape index (κ2) is 9.33. The first kappa shape index (κ1) is 17.4. The highest BCUT2D eigenvalue weighted by Crippen LogP contribution is 2.13. The number of amides is 1. The van der Waals surface area contributed by atoms with Crippen LogP contribution in [0.1, 0.15) is 12.5 Å². The number of benzene rings is 1. The number of nitrogens with two attached hydrogens (primary N) is 1. The fourth-order valence-corrected chi connectivity index (χ4v) is 1.89. The normalized spacial score (nSPS) is 12.2. The molecule has 0 aromatic heterocycles. The Labute approximate surface area is 125 Å². The second-order valence-electron chi connectivity index (χ2n) is 4.82. The molecule has 1 rings (SSSR count). The molecule has 0 aliphatic rings. The number of nitrogens with one attached hydrogen (secondary N) is 1. The molecule has 0 aliphatic carbocycles. The van der Waals surface area contributed by atoms with Crippen molar-refractivity contribution < 1.29 is 14.6 Å². The minimum absolute atomic E-state index is 0.0689. The Bertz CT molecular complexity index is 440. The smallest absolute Gasteiger partial charge is 0.233 e. The molecule has 0 saturated carbocycles. The fraction of sp³-hybridized carbons (Fsp3) is 0.533. The Hall–Kier alpha value is -1.63. The summed E-state index contributed by atoms with van der Waals surface area (Å²) in [6.07, 6.45) is -0.656. The van der Waals surface area contributed by atoms with Crippen LogP contribution in [0.15, 0.2) is 24.3 Å². The third-order valence-corrected chi connectivity index (χ3v) is 3.14. The Morgan fingerprint density at radius 2 is 2.29 bits per heavy atom. The van der Waals surface area contributed by atoms with Gasteiger partial charge in [-0.05, 0) is 24.2 Å². The molecule has 0 bridgehead atoms. The number of likely N-dealkylation sites (N-methyl/N-ethyl adjacent to an activating group) is 2. The maximum Gasteiger partial charge on any atom is 0.233 e. The van der Waals surface area contributed by atoms with Crippen LogP contribution in [0.3, 0.4) is 0 Å². The minimum Gasteiger partial charge on any atom is -0.491 e. The lowest BCUT2D eigenvalue weighted by Gasteiger charge is -2.22. The first-order chi connectivity index (χ1) is 10.1. The number of aliphatic hydroxyl groups excluding tert-OH is 1. The van der Waals surface area contributed by atoms with Crippen molar-refractivity contribution in [2.75, 3.05) is 33.3 Å². The van der Waals surface area contributed by atoms with E-state index in [4.69, 9.17) is 10.5 Å². The van der Waals surface area contributed by atoms with Gasteiger partial charge in [-0.25, -0.2) is 0 Å². The molecule has 1 aromatic rings. The van der Waals surface area contributed by atoms with E-state index in [0.29, 0.717) is 25.4 Å². The standard InChI is InChI=1S/C15H25N3O3/c1-3-18(10-15(20)17-2)9-13(19)11-21-14-6-4-5-12(7-14)8-16/h4-7,13,19H,3,8-11,16H2,1-2H3,(H,17,20). The molecule has 1 unspecified atom stereocenters. The van der Waals surface area contributed by atoms with Crippen LogP contribution < -0.4 is 15.8 Å². The summed E-state index contributed by atoms with van der Waals surface area (Å²) in [6.45, 7) is 3.93. The molecule has 4 N–H and O–H groups in total. The second-order valence-corrected chi connectivity index (χ2v) is 4.82. The average molecular weight is 295 g/mol. The highest BCUT2D eigenvalue weighted by Gasteiger charge is 2.13. The topological polar surface area (TPSA) is 87.8 Å². The summed E-state index contributed by atoms with van der Waals surface area (Å²) in [5, 5.41) is 12.6. The molecule has 6 nitrogen and oxygen atoms in total. The van der Waals surface area contributed by atoms with Crippen molar-refractivity contribution in [3.63, 3.8) is 0 Å². The van der Waals surface area contributed by atoms with Gasteiger partial charge in [0.2, 0.25) is 5.91 Å². The van der Waals surface area contributed by atoms with Crippen molar-refractivity contribution in [3.8, 4) is 5.75 Å². The number of rotatable bonds is 9. The number of ether oxygens (including phenoxy) is 1. The lowest BCUT2D eigenvalue weighted by Crippen LogP contribution is -2.41. The van der Waals surface area contributed by atoms with Gasteiger partial charge in [0, 0.05) is 20.1 Å². The predicted octanol–water partition coefficient (Wildman–Crippen LogP) is -0.0471. The van der Waals surface area contributed by atoms with Crippen LogP contribution in [0.25, 0.3) is 0 Å². The number of aliphatic hydroxyl groups is 1. The van der Waals surface area contributed by atoms with Gasteiger partial charge in [0.15, 0.2) is 0 Å². The quantitative estimate of drug-likeness (QED) is 0.595. The Kier molecular flexibility index (Phi) is 7.74. The van der Waals surface area contributed by atoms with Crippen LogP contribution in [0, 0.1) is 0 Å². The van der Waals surface area contributed by atoms with E-state index in [1.807, 2.05) is 36.1 Å². The SMILES string of the molecule is CCN(CC(=O)NC)CC(O)COc1cccc(CN)c1. The summed E-state index contributed by atoms with van der Waals surface area (Å²) < 4.78 is 5.55. The molecule has 21 heavy (non-hydrogen) atoms. The van der Waals surface area contributed by atoms with Crippen LogP contribution in [0.4, 0.5) is 0 Å². The first-order valence-electron chi connectivity index (χ1n) is 7.11. The van der Waals surface area contributed by atoms with E-state index < -0.39 is 6.10 Å². The van der Waals surface area contributed by atoms with Crippen molar-refractivity contribution >= 4 is 5.91 Å². The molecule has 0 radical (unpaired) electrons. The summed E-state index contributed by atoms with van der Waals surface area (Å²) >= 11 is 0. The third-order valence-electron chi connectivity index (χ3n) is 3.14. The van der Waals surface area contributed by atoms with Crippen molar-refractivity contribution in [1.82, 2.24) is 10.2 Å². The summed E-state index contributed by atoms with van der Waals surface area (Å²) in [7, 11) is 1.60. The first-order valence-corrected chi connectivity index (χ1v) is 7.11. The van der Waals surface area contributed by atoms with E-state index >= 15 is 0 Å². The highest BCUT2D eigenvalue weighted by molar-refractivity contribution is 5.77. The van der Waals surface area contributed by atoms with Crippen LogP contribution >= 0.6 is 0 Å². The molecule has 0 spiro atoms. The average Bonchev–Trinajstić information content (AvgIpc) is 2.52. The molecule has 1 amide bonds. The van der Waals surface area contributed by atoms with Crippen LogP contribution in [0.5, 0.6) is 5.75 Å². The van der Waals surface area contributed by atoms with E-state index in [2.05, 4.69) is 5.32 Å². The van der Waals surface area contributed by atoms with Crippen LogP contribution in [-0.2, 0) is 11.3 Å². The number of nitrogens with zero attached hydrogens (tertiary/aromatic N) is 1. The van der Waals surface area contributed by atoms with Crippen LogP contribution in [0.2, 0.25) is 0 Å². The summed E-state index contributed by atoms with van der Waals surface area (Å²) in [4.78, 5) is 13.2. The van der Waals surface area contributed by atoms with Crippen LogP contribution in [-0.4, -0.2) is 55.3 Å². The zero-order valence-corrected chi connectivity index (χ0v) is 12.7. The van der Waals surface area contributed by atoms with Crippen molar-refractivity contribution in [2.45, 2.75) is 19.6 Å². The van der Waals surface area contributed by atoms with Gasteiger partial charge in [-0.1, -0.05) is 19.1 Å². The number of carbonyl (C=O) groups is 1. The Morgan fingerprint density at radius 3 is 2.90 bits per heavy atom. The predicted molar refractivity (Wildman–Crippen MR) is 82.0 cm³/mol. The van der Waals surface area contributed by atoms with Gasteiger partial charge in [-0.2, -0.15) is 0 Å². The van der Waals surface area contributed by atoms with Crippen molar-refractivity contribution in [2.24, 2.45) is 5.73 Å². The van der Waals surface area contributed by atoms with E-state index in [1.54, 1.807) is 7.05 Å². The van der Waals surface area contributed by atoms with Gasteiger partial charge in [0.1, 0.15) is 18.5 Å². The molecule has 1 atom stereocenters. The van der Waals surface area contributed by atoms with Crippen molar-refractivity contribution in [1.29, 1.82) is 0 Å². The molecule has 0 aliphatic heterocycles. The zero-order chi connectivity index (χ0) is 15.7. The maximum absolute atomic E-state index is 11.3. The monoisotopic (exact) mass is 295 g/mol. The molecule has 0 saturated heterocycles. The van der Waals surface area contributed by atoms with Gasteiger partial charge >= 0.3 is 0 Å². The molecule has 1 aromatic carbocycles. The van der Waals surface area contributed by atoms with Gasteiger partial charge in [0.05, 0.1) is 6.54 Å². The van der Waals surface area contributed by atoms with Gasteiger partial charge in [0.25, 0.3) is 0 Å². The van der Waals surface area contributed by atoms with E-state index in [9.17, 15) is 9.90 Å². The van der Waals surface area contributed by atoms with Crippen molar-refractivity contribution in [3.05, 3.63) is 29.8 Å². The number of carbonyl (C=O) groups excluding carboxylic acids is 1. The van der Waals surface area contributed by atoms with E-state index in [-0.39, 0.29) is 19.1 Å². The van der Waals surface area contributed by atoms with Gasteiger partial charge < -0.3 is 20.9 Å². The summed E-state index contributed by atoms with van der Waals surface area (Å²) in [6, 6.07) is 7.47. The highest BCUT2D eigenvalue weighted by atomic mass is 16.5. The van der Waals surface area contributed by atoms with E-state index in [0.717, 1.165) is 5.56 Å². The minimum atomic E-state index is -0.656.